The maximum Gasteiger partial charge on any atom is 0.435 e. The Morgan fingerprint density at radius 3 is 2.35 bits per heavy atom. The van der Waals surface area contributed by atoms with E-state index in [-0.39, 0.29) is 67.0 Å². The van der Waals surface area contributed by atoms with Crippen molar-refractivity contribution >= 4 is 17.4 Å². The maximum atomic E-state index is 14.4. The fourth-order valence-electron chi connectivity index (χ4n) is 4.23. The number of carbonyl (C=O) groups is 1. The van der Waals surface area contributed by atoms with Gasteiger partial charge in [-0.05, 0) is 12.1 Å². The molecule has 0 bridgehead atoms. The van der Waals surface area contributed by atoms with Gasteiger partial charge in [0, 0.05) is 24.7 Å². The highest BCUT2D eigenvalue weighted by molar-refractivity contribution is 6.00. The minimum atomic E-state index is -6.41. The molecule has 0 radical (unpaired) electrons. The van der Waals surface area contributed by atoms with E-state index in [9.17, 15) is 40.6 Å². The SMILES string of the molecule is O=C(Nc1nc(-c2cc(-c3ccon3)n(Cc3ccccc3F)n2)ncc1N1CCOCC1)C(O)(C(F)(F)F)C(F)(F)F. The summed E-state index contributed by atoms with van der Waals surface area (Å²) in [6, 6.07) is 8.69. The van der Waals surface area contributed by atoms with Crippen LogP contribution in [0.4, 0.5) is 42.2 Å². The molecule has 0 atom stereocenters. The minimum Gasteiger partial charge on any atom is -0.378 e. The lowest BCUT2D eigenvalue weighted by Crippen LogP contribution is -2.64. The number of benzene rings is 1. The molecule has 1 saturated heterocycles. The molecular formula is C25H20F7N7O4. The molecule has 5 rings (SSSR count). The van der Waals surface area contributed by atoms with Crippen molar-refractivity contribution in [3.05, 3.63) is 60.2 Å². The maximum absolute atomic E-state index is 14.4. The average molecular weight is 615 g/mol. The molecule has 0 saturated carbocycles. The predicted octanol–water partition coefficient (Wildman–Crippen LogP) is 3.81. The normalized spacial score (nSPS) is 14.7. The summed E-state index contributed by atoms with van der Waals surface area (Å²) in [5, 5.41) is 19.3. The Morgan fingerprint density at radius 1 is 1.02 bits per heavy atom. The van der Waals surface area contributed by atoms with Gasteiger partial charge in [0.05, 0.1) is 37.3 Å². The van der Waals surface area contributed by atoms with Crippen molar-refractivity contribution in [2.45, 2.75) is 24.5 Å². The number of carbonyl (C=O) groups excluding carboxylic acids is 1. The van der Waals surface area contributed by atoms with Gasteiger partial charge >= 0.3 is 18.0 Å². The highest BCUT2D eigenvalue weighted by atomic mass is 19.4. The van der Waals surface area contributed by atoms with Crippen molar-refractivity contribution < 1.29 is 49.9 Å². The fourth-order valence-corrected chi connectivity index (χ4v) is 4.23. The number of morpholine rings is 1. The number of nitrogens with zero attached hydrogens (tertiary/aromatic N) is 6. The average Bonchev–Trinajstić information content (AvgIpc) is 3.63. The third-order valence-electron chi connectivity index (χ3n) is 6.49. The zero-order chi connectivity index (χ0) is 31.0. The number of anilines is 2. The summed E-state index contributed by atoms with van der Waals surface area (Å²) in [7, 11) is 0. The lowest BCUT2D eigenvalue weighted by atomic mass is 10.0. The molecular weight excluding hydrogens is 595 g/mol. The molecule has 3 aromatic heterocycles. The monoisotopic (exact) mass is 615 g/mol. The number of rotatable bonds is 7. The van der Waals surface area contributed by atoms with Gasteiger partial charge in [-0.25, -0.2) is 14.4 Å². The molecule has 1 aliphatic rings. The highest BCUT2D eigenvalue weighted by Crippen LogP contribution is 2.44. The number of aromatic nitrogens is 5. The summed E-state index contributed by atoms with van der Waals surface area (Å²) in [6.07, 6.45) is -10.5. The molecule has 1 aliphatic heterocycles. The lowest BCUT2D eigenvalue weighted by molar-refractivity contribution is -0.348. The van der Waals surface area contributed by atoms with Gasteiger partial charge in [-0.3, -0.25) is 9.48 Å². The molecule has 43 heavy (non-hydrogen) atoms. The Bertz CT molecular complexity index is 1590. The van der Waals surface area contributed by atoms with Crippen LogP contribution in [0.1, 0.15) is 5.56 Å². The first-order chi connectivity index (χ1) is 20.3. The second-order valence-electron chi connectivity index (χ2n) is 9.24. The van der Waals surface area contributed by atoms with Crippen molar-refractivity contribution in [3.8, 4) is 22.9 Å². The van der Waals surface area contributed by atoms with Gasteiger partial charge in [-0.15, -0.1) is 0 Å². The van der Waals surface area contributed by atoms with Crippen LogP contribution in [0.15, 0.2) is 53.4 Å². The number of alkyl halides is 6. The summed E-state index contributed by atoms with van der Waals surface area (Å²) >= 11 is 0. The predicted molar refractivity (Wildman–Crippen MR) is 133 cm³/mol. The van der Waals surface area contributed by atoms with Crippen LogP contribution in [0.2, 0.25) is 0 Å². The zero-order valence-corrected chi connectivity index (χ0v) is 21.7. The molecule has 1 amide bonds. The molecule has 18 heteroatoms. The van der Waals surface area contributed by atoms with Crippen LogP contribution in [0.3, 0.4) is 0 Å². The molecule has 1 fully saturated rings. The van der Waals surface area contributed by atoms with Crippen LogP contribution in [-0.2, 0) is 16.1 Å². The number of hydrogen-bond acceptors (Lipinski definition) is 9. The van der Waals surface area contributed by atoms with E-state index in [0.717, 1.165) is 6.20 Å². The van der Waals surface area contributed by atoms with Crippen molar-refractivity contribution in [2.24, 2.45) is 0 Å². The Morgan fingerprint density at radius 2 is 1.72 bits per heavy atom. The molecule has 2 N–H and O–H groups in total. The largest absolute Gasteiger partial charge is 0.435 e. The number of halogens is 7. The van der Waals surface area contributed by atoms with E-state index in [0.29, 0.717) is 0 Å². The van der Waals surface area contributed by atoms with Gasteiger partial charge in [-0.2, -0.15) is 31.4 Å². The molecule has 11 nitrogen and oxygen atoms in total. The topological polar surface area (TPSA) is 131 Å². The summed E-state index contributed by atoms with van der Waals surface area (Å²) in [5.41, 5.74) is -5.16. The van der Waals surface area contributed by atoms with E-state index < -0.39 is 35.5 Å². The van der Waals surface area contributed by atoms with Crippen molar-refractivity contribution in [1.29, 1.82) is 0 Å². The number of nitrogens with one attached hydrogen (secondary N) is 1. The van der Waals surface area contributed by atoms with E-state index in [1.807, 2.05) is 0 Å². The number of ether oxygens (including phenoxy) is 1. The van der Waals surface area contributed by atoms with Crippen molar-refractivity contribution in [1.82, 2.24) is 24.9 Å². The Balaban J connectivity index is 1.58. The molecule has 1 aromatic carbocycles. The van der Waals surface area contributed by atoms with Gasteiger partial charge in [0.2, 0.25) is 0 Å². The van der Waals surface area contributed by atoms with E-state index >= 15 is 0 Å². The van der Waals surface area contributed by atoms with E-state index in [1.165, 1.54) is 51.5 Å². The first-order valence-corrected chi connectivity index (χ1v) is 12.4. The summed E-state index contributed by atoms with van der Waals surface area (Å²) < 4.78 is 106. The third-order valence-corrected chi connectivity index (χ3v) is 6.49. The van der Waals surface area contributed by atoms with Crippen LogP contribution in [0, 0.1) is 5.82 Å². The Labute approximate surface area is 236 Å². The van der Waals surface area contributed by atoms with Gasteiger partial charge < -0.3 is 24.6 Å². The molecule has 0 spiro atoms. The first kappa shape index (κ1) is 29.9. The number of hydrogen-bond donors (Lipinski definition) is 2. The second kappa shape index (κ2) is 11.3. The minimum absolute atomic E-state index is 0.0553. The molecule has 0 aliphatic carbocycles. The Kier molecular flexibility index (Phi) is 7.82. The number of amides is 1. The van der Waals surface area contributed by atoms with Gasteiger partial charge in [0.1, 0.15) is 23.5 Å². The lowest BCUT2D eigenvalue weighted by Gasteiger charge is -2.32. The van der Waals surface area contributed by atoms with E-state index in [2.05, 4.69) is 20.2 Å². The Hall–Kier alpha value is -4.58. The van der Waals surface area contributed by atoms with Gasteiger partial charge in [-0.1, -0.05) is 23.4 Å². The number of aliphatic hydroxyl groups is 1. The molecule has 4 aromatic rings. The summed E-state index contributed by atoms with van der Waals surface area (Å²) in [6.45, 7) is 0.482. The summed E-state index contributed by atoms with van der Waals surface area (Å²) in [4.78, 5) is 22.2. The quantitative estimate of drug-likeness (QED) is 0.298. The van der Waals surface area contributed by atoms with E-state index in [1.54, 1.807) is 6.07 Å². The highest BCUT2D eigenvalue weighted by Gasteiger charge is 2.75. The van der Waals surface area contributed by atoms with Crippen LogP contribution in [-0.4, -0.2) is 80.2 Å². The van der Waals surface area contributed by atoms with Crippen molar-refractivity contribution in [2.75, 3.05) is 36.5 Å². The van der Waals surface area contributed by atoms with E-state index in [4.69, 9.17) is 9.26 Å². The standard InChI is InChI=1S/C25H20F7N7O4/c26-15-4-2-1-3-14(15)13-39-18(16-5-8-43-37-16)11-17(36-39)20-33-12-19(38-6-9-42-10-7-38)21(34-20)35-22(40)23(41,24(27,28)29)25(30,31)32/h1-5,8,11-12,41H,6-7,9-10,13H2,(H,33,34,35,40). The van der Waals surface area contributed by atoms with Crippen molar-refractivity contribution in [3.63, 3.8) is 0 Å². The zero-order valence-electron chi connectivity index (χ0n) is 21.7. The second-order valence-corrected chi connectivity index (χ2v) is 9.24. The van der Waals surface area contributed by atoms with Crippen LogP contribution >= 0.6 is 0 Å². The third kappa shape index (κ3) is 5.74. The van der Waals surface area contributed by atoms with Gasteiger partial charge in [0.15, 0.2) is 11.6 Å². The fraction of sp³-hybridized carbons (Fsp3) is 0.320. The molecule has 228 valence electrons. The molecule has 0 unspecified atom stereocenters. The molecule has 4 heterocycles. The first-order valence-electron chi connectivity index (χ1n) is 12.4. The van der Waals surface area contributed by atoms with Crippen LogP contribution in [0.5, 0.6) is 0 Å². The van der Waals surface area contributed by atoms with Crippen LogP contribution < -0.4 is 10.2 Å². The smallest absolute Gasteiger partial charge is 0.378 e. The van der Waals surface area contributed by atoms with Crippen LogP contribution in [0.25, 0.3) is 22.9 Å². The summed E-state index contributed by atoms with van der Waals surface area (Å²) in [5.74, 6) is -4.44. The van der Waals surface area contributed by atoms with Gasteiger partial charge in [0.25, 0.3) is 5.91 Å².